The maximum Gasteiger partial charge on any atom is 0.269 e. The monoisotopic (exact) mass is 615 g/mol. The number of benzene rings is 2. The molecule has 0 spiro atoms. The topological polar surface area (TPSA) is 151 Å². The van der Waals surface area contributed by atoms with Gasteiger partial charge in [-0.05, 0) is 50.3 Å². The first-order valence-corrected chi connectivity index (χ1v) is 14.2. The second kappa shape index (κ2) is 16.2. The molecule has 2 aliphatic heterocycles. The van der Waals surface area contributed by atoms with Gasteiger partial charge in [0.2, 0.25) is 12.8 Å². The minimum atomic E-state index is -0.813. The lowest BCUT2D eigenvalue weighted by Crippen LogP contribution is -2.43. The molecule has 1 atom stereocenters. The van der Waals surface area contributed by atoms with Crippen LogP contribution in [0.25, 0.3) is 0 Å². The van der Waals surface area contributed by atoms with Crippen LogP contribution in [0.1, 0.15) is 56.6 Å². The molecule has 2 aromatic rings. The molecule has 2 amide bonds. The highest BCUT2D eigenvalue weighted by molar-refractivity contribution is 5.85. The van der Waals surface area contributed by atoms with Crippen LogP contribution >= 0.6 is 12.4 Å². The Morgan fingerprint density at radius 2 is 1.74 bits per heavy atom. The Bertz CT molecular complexity index is 1280. The Balaban J connectivity index is 0.00000323. The van der Waals surface area contributed by atoms with Crippen molar-refractivity contribution in [3.63, 3.8) is 0 Å². The zero-order valence-corrected chi connectivity index (χ0v) is 25.5. The molecule has 4 rings (SSSR count). The van der Waals surface area contributed by atoms with Gasteiger partial charge in [-0.25, -0.2) is 0 Å². The van der Waals surface area contributed by atoms with Crippen molar-refractivity contribution in [2.24, 2.45) is 0 Å². The van der Waals surface area contributed by atoms with Crippen LogP contribution in [0.3, 0.4) is 0 Å². The lowest BCUT2D eigenvalue weighted by atomic mass is 9.84. The summed E-state index contributed by atoms with van der Waals surface area (Å²) in [6.07, 6.45) is 6.09. The Labute approximate surface area is 258 Å². The van der Waals surface area contributed by atoms with Crippen molar-refractivity contribution in [2.75, 3.05) is 32.7 Å². The third-order valence-electron chi connectivity index (χ3n) is 8.18. The number of aliphatic hydroxyl groups is 1. The summed E-state index contributed by atoms with van der Waals surface area (Å²) in [4.78, 5) is 41.0. The molecule has 2 heterocycles. The Morgan fingerprint density at radius 1 is 1.09 bits per heavy atom. The van der Waals surface area contributed by atoms with Crippen molar-refractivity contribution in [3.05, 3.63) is 99.1 Å². The fourth-order valence-electron chi connectivity index (χ4n) is 5.94. The Kier molecular flexibility index (Phi) is 13.3. The molecule has 0 bridgehead atoms. The predicted molar refractivity (Wildman–Crippen MR) is 167 cm³/mol. The van der Waals surface area contributed by atoms with E-state index in [4.69, 9.17) is 0 Å². The van der Waals surface area contributed by atoms with E-state index in [9.17, 15) is 24.8 Å². The van der Waals surface area contributed by atoms with Crippen molar-refractivity contribution >= 4 is 30.9 Å². The van der Waals surface area contributed by atoms with Gasteiger partial charge < -0.3 is 30.6 Å². The number of nitro benzene ring substituents is 1. The molecule has 1 fully saturated rings. The van der Waals surface area contributed by atoms with Gasteiger partial charge in [0, 0.05) is 50.2 Å². The summed E-state index contributed by atoms with van der Waals surface area (Å²) in [6.45, 7) is 7.43. The maximum atomic E-state index is 12.5. The van der Waals surface area contributed by atoms with Crippen LogP contribution in [0.2, 0.25) is 0 Å². The number of nitrogens with zero attached hydrogens (tertiary/aromatic N) is 4. The van der Waals surface area contributed by atoms with Crippen LogP contribution < -0.4 is 5.32 Å². The second-order valence-electron chi connectivity index (χ2n) is 10.5. The van der Waals surface area contributed by atoms with Gasteiger partial charge in [-0.2, -0.15) is 0 Å². The third kappa shape index (κ3) is 7.99. The molecule has 0 aliphatic carbocycles. The van der Waals surface area contributed by atoms with Crippen LogP contribution in [0, 0.1) is 10.1 Å². The second-order valence-corrected chi connectivity index (χ2v) is 10.5. The first-order valence-electron chi connectivity index (χ1n) is 14.2. The van der Waals surface area contributed by atoms with Crippen LogP contribution in [0.15, 0.2) is 77.9 Å². The fraction of sp³-hybridized carbons (Fsp3) is 0.419. The number of hydrogen-bond donors (Lipinski definition) is 2. The number of non-ortho nitro benzene ring substituents is 1. The summed E-state index contributed by atoms with van der Waals surface area (Å²) in [6, 6.07) is 16.1. The molecule has 0 saturated carbocycles. The summed E-state index contributed by atoms with van der Waals surface area (Å²) in [5.74, 6) is -0.472. The van der Waals surface area contributed by atoms with Gasteiger partial charge in [-0.1, -0.05) is 49.4 Å². The number of piperidine rings is 1. The number of hydrogen-bond acceptors (Lipinski definition) is 7. The third-order valence-corrected chi connectivity index (χ3v) is 8.18. The van der Waals surface area contributed by atoms with Crippen LogP contribution in [0.5, 0.6) is 0 Å². The smallest absolute Gasteiger partial charge is 0.269 e. The average Bonchev–Trinajstić information content (AvgIpc) is 3.00. The first-order chi connectivity index (χ1) is 19.8. The molecule has 12 heteroatoms. The molecule has 2 aromatic carbocycles. The number of amides is 2. The summed E-state index contributed by atoms with van der Waals surface area (Å²) in [7, 11) is 0. The van der Waals surface area contributed by atoms with Crippen molar-refractivity contribution in [1.82, 2.24) is 20.0 Å². The van der Waals surface area contributed by atoms with E-state index in [0.29, 0.717) is 50.2 Å². The molecule has 11 nitrogen and oxygen atoms in total. The molecule has 1 unspecified atom stereocenters. The number of carbonyl (C=O) groups is 2. The molecule has 0 radical (unpaired) electrons. The highest BCUT2D eigenvalue weighted by Crippen LogP contribution is 2.40. The van der Waals surface area contributed by atoms with Crippen LogP contribution in [-0.2, 0) is 15.2 Å². The molecule has 1 saturated heterocycles. The zero-order chi connectivity index (χ0) is 29.4. The van der Waals surface area contributed by atoms with Crippen molar-refractivity contribution in [3.8, 4) is 0 Å². The van der Waals surface area contributed by atoms with E-state index in [0.717, 1.165) is 49.3 Å². The minimum absolute atomic E-state index is 0. The van der Waals surface area contributed by atoms with Gasteiger partial charge in [0.25, 0.3) is 5.69 Å². The number of allylic oxidation sites excluding steroid dienone is 1. The number of rotatable bonds is 13. The SMILES string of the molecule is CCC1=C(NC=O)C(c2ccc([N+](=O)[O-])cc2)C(N(C=O)CCCN2CCC(O)(c3ccccc3)CC2)=CN1CC.Cl.O. The van der Waals surface area contributed by atoms with E-state index in [1.54, 1.807) is 17.0 Å². The van der Waals surface area contributed by atoms with E-state index >= 15 is 0 Å². The minimum Gasteiger partial charge on any atom is -0.412 e. The van der Waals surface area contributed by atoms with Gasteiger partial charge in [0.05, 0.1) is 27.8 Å². The van der Waals surface area contributed by atoms with E-state index in [2.05, 4.69) is 10.2 Å². The summed E-state index contributed by atoms with van der Waals surface area (Å²) in [5.41, 5.74) is 3.16. The summed E-state index contributed by atoms with van der Waals surface area (Å²) in [5, 5.41) is 25.3. The molecule has 2 aliphatic rings. The van der Waals surface area contributed by atoms with E-state index < -0.39 is 16.4 Å². The lowest BCUT2D eigenvalue weighted by molar-refractivity contribution is -0.384. The fourth-order valence-corrected chi connectivity index (χ4v) is 5.94. The van der Waals surface area contributed by atoms with Gasteiger partial charge >= 0.3 is 0 Å². The standard InChI is InChI=1S/C31H39N5O5.ClH.H2O/c1-3-27-30(32-22-37)29(24-11-13-26(14-12-24)36(40)41)28(21-34(27)4-2)35(23-38)18-8-17-33-19-15-31(39,16-20-33)25-9-6-5-7-10-25;;/h5-7,9-14,21-23,29,39H,3-4,8,15-20H2,1-2H3,(H,32,37);1H;1H2. The van der Waals surface area contributed by atoms with E-state index in [1.165, 1.54) is 12.1 Å². The number of nitrogens with one attached hydrogen (secondary N) is 1. The highest BCUT2D eigenvalue weighted by atomic mass is 35.5. The number of nitro groups is 1. The van der Waals surface area contributed by atoms with Gasteiger partial charge in [-0.3, -0.25) is 19.7 Å². The van der Waals surface area contributed by atoms with E-state index in [-0.39, 0.29) is 23.6 Å². The van der Waals surface area contributed by atoms with E-state index in [1.807, 2.05) is 55.3 Å². The van der Waals surface area contributed by atoms with Gasteiger partial charge in [0.1, 0.15) is 0 Å². The quantitative estimate of drug-likeness (QED) is 0.198. The molecule has 43 heavy (non-hydrogen) atoms. The highest BCUT2D eigenvalue weighted by Gasteiger charge is 2.35. The predicted octanol–water partition coefficient (Wildman–Crippen LogP) is 3.65. The van der Waals surface area contributed by atoms with Crippen molar-refractivity contribution in [1.29, 1.82) is 0 Å². The molecular weight excluding hydrogens is 574 g/mol. The number of halogens is 1. The normalized spacial score (nSPS) is 18.1. The van der Waals surface area contributed by atoms with Crippen molar-refractivity contribution in [2.45, 2.75) is 51.0 Å². The van der Waals surface area contributed by atoms with Crippen molar-refractivity contribution < 1.29 is 25.1 Å². The largest absolute Gasteiger partial charge is 0.412 e. The summed E-state index contributed by atoms with van der Waals surface area (Å²) >= 11 is 0. The Hall–Kier alpha value is -3.77. The summed E-state index contributed by atoms with van der Waals surface area (Å²) < 4.78 is 0. The van der Waals surface area contributed by atoms with Crippen LogP contribution in [-0.4, -0.2) is 75.7 Å². The molecule has 234 valence electrons. The first kappa shape index (κ1) is 35.4. The van der Waals surface area contributed by atoms with Gasteiger partial charge in [-0.15, -0.1) is 12.4 Å². The van der Waals surface area contributed by atoms with Crippen LogP contribution in [0.4, 0.5) is 5.69 Å². The maximum absolute atomic E-state index is 12.5. The Morgan fingerprint density at radius 3 is 2.28 bits per heavy atom. The lowest BCUT2D eigenvalue weighted by Gasteiger charge is -2.40. The van der Waals surface area contributed by atoms with Gasteiger partial charge in [0.15, 0.2) is 0 Å². The molecule has 0 aromatic heterocycles. The number of likely N-dealkylation sites (tertiary alicyclic amines) is 1. The zero-order valence-electron chi connectivity index (χ0n) is 24.6. The number of carbonyl (C=O) groups excluding carboxylic acids is 2. The molecular formula is C31H42ClN5O6. The average molecular weight is 616 g/mol. The molecule has 4 N–H and O–H groups in total.